The van der Waals surface area contributed by atoms with E-state index in [-0.39, 0.29) is 23.6 Å². The summed E-state index contributed by atoms with van der Waals surface area (Å²) in [6.07, 6.45) is 6.22. The predicted octanol–water partition coefficient (Wildman–Crippen LogP) is 7.24. The molecule has 8 nitrogen and oxygen atoms in total. The molecule has 10 heteroatoms. The second-order valence-electron chi connectivity index (χ2n) is 10.6. The molecule has 0 bridgehead atoms. The van der Waals surface area contributed by atoms with Crippen molar-refractivity contribution in [3.63, 3.8) is 0 Å². The number of rotatable bonds is 8. The van der Waals surface area contributed by atoms with Gasteiger partial charge in [-0.2, -0.15) is 0 Å². The summed E-state index contributed by atoms with van der Waals surface area (Å²) >= 11 is 6.66. The van der Waals surface area contributed by atoms with E-state index in [1.54, 1.807) is 48.8 Å². The second-order valence-corrected chi connectivity index (χ2v) is 12.9. The standard InChI is InChI=1S/C33H31ClN4O4S/c34-30-20-35-32(36-24-12-9-13-25(18-24)37-33(39)42-22-23-10-3-1-4-11-23)19-28(30)29-21-38(31-17-8-7-16-27(29)31)43(40,41)26-14-5-2-6-15-26/h1-8,10-11,14-17,19-21,24-25H,9,12-13,18,22H2,(H,35,36)(H,37,39)/t24-,25+/m1/s1. The molecule has 220 valence electrons. The number of fused-ring (bicyclic) bond motifs is 1. The molecule has 0 aliphatic heterocycles. The fraction of sp³-hybridized carbons (Fsp3) is 0.212. The number of amides is 1. The summed E-state index contributed by atoms with van der Waals surface area (Å²) in [5.41, 5.74) is 2.86. The Morgan fingerprint density at radius 3 is 2.42 bits per heavy atom. The molecular weight excluding hydrogens is 584 g/mol. The molecule has 1 saturated carbocycles. The number of benzene rings is 3. The lowest BCUT2D eigenvalue weighted by Gasteiger charge is -2.30. The molecule has 2 N–H and O–H groups in total. The smallest absolute Gasteiger partial charge is 0.407 e. The van der Waals surface area contributed by atoms with Gasteiger partial charge in [-0.3, -0.25) is 0 Å². The summed E-state index contributed by atoms with van der Waals surface area (Å²) in [4.78, 5) is 17.1. The molecule has 1 aliphatic rings. The van der Waals surface area contributed by atoms with E-state index in [2.05, 4.69) is 15.6 Å². The zero-order valence-corrected chi connectivity index (χ0v) is 24.9. The largest absolute Gasteiger partial charge is 0.445 e. The van der Waals surface area contributed by atoms with Crippen molar-refractivity contribution in [3.05, 3.63) is 114 Å². The van der Waals surface area contributed by atoms with Crippen molar-refractivity contribution in [3.8, 4) is 11.1 Å². The lowest BCUT2D eigenvalue weighted by Crippen LogP contribution is -2.42. The number of aromatic nitrogens is 2. The zero-order valence-electron chi connectivity index (χ0n) is 23.3. The molecular formula is C33H31ClN4O4S. The first-order valence-electron chi connectivity index (χ1n) is 14.2. The Morgan fingerprint density at radius 2 is 1.63 bits per heavy atom. The number of pyridine rings is 1. The fourth-order valence-electron chi connectivity index (χ4n) is 5.59. The van der Waals surface area contributed by atoms with Gasteiger partial charge in [-0.1, -0.05) is 78.3 Å². The number of para-hydroxylation sites is 1. The lowest BCUT2D eigenvalue weighted by atomic mass is 9.91. The van der Waals surface area contributed by atoms with Crippen LogP contribution in [0.1, 0.15) is 31.2 Å². The van der Waals surface area contributed by atoms with Crippen LogP contribution in [0.25, 0.3) is 22.0 Å². The van der Waals surface area contributed by atoms with Gasteiger partial charge in [0.2, 0.25) is 0 Å². The van der Waals surface area contributed by atoms with Gasteiger partial charge >= 0.3 is 6.09 Å². The van der Waals surface area contributed by atoms with Crippen LogP contribution < -0.4 is 10.6 Å². The van der Waals surface area contributed by atoms with Gasteiger partial charge in [0.1, 0.15) is 12.4 Å². The van der Waals surface area contributed by atoms with Gasteiger partial charge in [-0.15, -0.1) is 0 Å². The van der Waals surface area contributed by atoms with Gasteiger partial charge in [-0.25, -0.2) is 22.2 Å². The number of carbonyl (C=O) groups excluding carboxylic acids is 1. The van der Waals surface area contributed by atoms with E-state index in [4.69, 9.17) is 16.3 Å². The van der Waals surface area contributed by atoms with Gasteiger partial charge in [0, 0.05) is 41.0 Å². The van der Waals surface area contributed by atoms with Crippen molar-refractivity contribution in [1.82, 2.24) is 14.3 Å². The van der Waals surface area contributed by atoms with E-state index < -0.39 is 16.1 Å². The first-order valence-corrected chi connectivity index (χ1v) is 16.0. The number of nitrogens with zero attached hydrogens (tertiary/aromatic N) is 2. The van der Waals surface area contributed by atoms with Crippen molar-refractivity contribution in [2.75, 3.05) is 5.32 Å². The van der Waals surface area contributed by atoms with Crippen LogP contribution >= 0.6 is 11.6 Å². The van der Waals surface area contributed by atoms with Crippen LogP contribution in [0.15, 0.2) is 108 Å². The zero-order chi connectivity index (χ0) is 29.8. The highest BCUT2D eigenvalue weighted by atomic mass is 35.5. The van der Waals surface area contributed by atoms with Crippen molar-refractivity contribution in [2.45, 2.75) is 49.3 Å². The van der Waals surface area contributed by atoms with Gasteiger partial charge in [0.05, 0.1) is 15.4 Å². The van der Waals surface area contributed by atoms with E-state index in [1.165, 1.54) is 3.97 Å². The van der Waals surface area contributed by atoms with E-state index in [0.717, 1.165) is 30.2 Å². The fourth-order valence-corrected chi connectivity index (χ4v) is 7.18. The maximum atomic E-state index is 13.6. The summed E-state index contributed by atoms with van der Waals surface area (Å²) in [6, 6.07) is 27.2. The minimum atomic E-state index is -3.84. The number of halogens is 1. The third kappa shape index (κ3) is 6.38. The molecule has 0 saturated heterocycles. The average molecular weight is 615 g/mol. The first kappa shape index (κ1) is 28.8. The van der Waals surface area contributed by atoms with Gasteiger partial charge in [0.25, 0.3) is 10.0 Å². The topological polar surface area (TPSA) is 102 Å². The maximum absolute atomic E-state index is 13.6. The highest BCUT2D eigenvalue weighted by Crippen LogP contribution is 2.37. The highest BCUT2D eigenvalue weighted by Gasteiger charge is 2.26. The molecule has 2 aromatic heterocycles. The van der Waals surface area contributed by atoms with Gasteiger partial charge in [0.15, 0.2) is 0 Å². The summed E-state index contributed by atoms with van der Waals surface area (Å²) in [7, 11) is -3.84. The van der Waals surface area contributed by atoms with Crippen LogP contribution in [-0.2, 0) is 21.4 Å². The van der Waals surface area contributed by atoms with Crippen molar-refractivity contribution in [1.29, 1.82) is 0 Å². The Morgan fingerprint density at radius 1 is 0.930 bits per heavy atom. The van der Waals surface area contributed by atoms with Gasteiger partial charge < -0.3 is 15.4 Å². The maximum Gasteiger partial charge on any atom is 0.407 e. The molecule has 5 aromatic rings. The van der Waals surface area contributed by atoms with Crippen LogP contribution in [0.3, 0.4) is 0 Å². The molecule has 6 rings (SSSR count). The minimum Gasteiger partial charge on any atom is -0.445 e. The van der Waals surface area contributed by atoms with E-state index >= 15 is 0 Å². The molecule has 2 heterocycles. The number of carbonyl (C=O) groups is 1. The summed E-state index contributed by atoms with van der Waals surface area (Å²) in [5, 5.41) is 7.68. The molecule has 3 aromatic carbocycles. The SMILES string of the molecule is O=C(N[C@H]1CCC[C@@H](Nc2cc(-c3cn(S(=O)(=O)c4ccccc4)c4ccccc34)c(Cl)cn2)C1)OCc1ccccc1. The molecule has 0 radical (unpaired) electrons. The normalized spacial score (nSPS) is 17.0. The van der Waals surface area contributed by atoms with E-state index in [1.807, 2.05) is 54.6 Å². The van der Waals surface area contributed by atoms with Crippen LogP contribution in [0, 0.1) is 0 Å². The number of anilines is 1. The number of alkyl carbamates (subject to hydrolysis) is 1. The van der Waals surface area contributed by atoms with Crippen LogP contribution in [-0.4, -0.2) is 35.6 Å². The molecule has 2 atom stereocenters. The number of hydrogen-bond donors (Lipinski definition) is 2. The van der Waals surface area contributed by atoms with E-state index in [0.29, 0.717) is 33.9 Å². The second kappa shape index (κ2) is 12.5. The van der Waals surface area contributed by atoms with Crippen molar-refractivity contribution < 1.29 is 17.9 Å². The minimum absolute atomic E-state index is 0.0255. The Kier molecular flexibility index (Phi) is 8.35. The quantitative estimate of drug-likeness (QED) is 0.191. The number of ether oxygens (including phenoxy) is 1. The van der Waals surface area contributed by atoms with Crippen LogP contribution in [0.2, 0.25) is 5.02 Å². The molecule has 1 fully saturated rings. The Bertz CT molecular complexity index is 1850. The monoisotopic (exact) mass is 614 g/mol. The predicted molar refractivity (Wildman–Crippen MR) is 169 cm³/mol. The number of nitrogens with one attached hydrogen (secondary N) is 2. The number of hydrogen-bond acceptors (Lipinski definition) is 6. The third-order valence-electron chi connectivity index (χ3n) is 7.68. The first-order chi connectivity index (χ1) is 20.9. The van der Waals surface area contributed by atoms with Crippen LogP contribution in [0.4, 0.5) is 10.6 Å². The Hall–Kier alpha value is -4.34. The Labute approximate surface area is 255 Å². The third-order valence-corrected chi connectivity index (χ3v) is 9.67. The molecule has 43 heavy (non-hydrogen) atoms. The molecule has 0 unspecified atom stereocenters. The van der Waals surface area contributed by atoms with Crippen LogP contribution in [0.5, 0.6) is 0 Å². The van der Waals surface area contributed by atoms with E-state index in [9.17, 15) is 13.2 Å². The molecule has 1 amide bonds. The average Bonchev–Trinajstić information content (AvgIpc) is 3.43. The van der Waals surface area contributed by atoms with Crippen molar-refractivity contribution in [2.24, 2.45) is 0 Å². The van der Waals surface area contributed by atoms with Gasteiger partial charge in [-0.05, 0) is 55.5 Å². The lowest BCUT2D eigenvalue weighted by molar-refractivity contribution is 0.132. The summed E-state index contributed by atoms with van der Waals surface area (Å²) < 4.78 is 33.9. The summed E-state index contributed by atoms with van der Waals surface area (Å²) in [6.45, 7) is 0.224. The summed E-state index contributed by atoms with van der Waals surface area (Å²) in [5.74, 6) is 0.624. The molecule has 0 spiro atoms. The molecule has 1 aliphatic carbocycles. The Balaban J connectivity index is 1.20. The highest BCUT2D eigenvalue weighted by molar-refractivity contribution is 7.90. The van der Waals surface area contributed by atoms with Crippen molar-refractivity contribution >= 4 is 44.4 Å².